The number of nitrogens with zero attached hydrogens (tertiary/aromatic N) is 1. The molecular weight excluding hydrogens is 250 g/mol. The van der Waals surface area contributed by atoms with Gasteiger partial charge in [-0.3, -0.25) is 4.79 Å². The van der Waals surface area contributed by atoms with E-state index in [9.17, 15) is 13.6 Å². The normalized spacial score (nSPS) is 16.2. The van der Waals surface area contributed by atoms with Crippen molar-refractivity contribution in [3.05, 3.63) is 35.4 Å². The summed E-state index contributed by atoms with van der Waals surface area (Å²) >= 11 is 0. The van der Waals surface area contributed by atoms with Crippen LogP contribution in [-0.2, 0) is 11.3 Å². The molecule has 0 spiro atoms. The number of hydrogen-bond donors (Lipinski definition) is 1. The Morgan fingerprint density at radius 1 is 1.47 bits per heavy atom. The lowest BCUT2D eigenvalue weighted by Gasteiger charge is -2.23. The third-order valence-electron chi connectivity index (χ3n) is 3.16. The highest BCUT2D eigenvalue weighted by Gasteiger charge is 2.33. The Morgan fingerprint density at radius 2 is 2.16 bits per heavy atom. The summed E-state index contributed by atoms with van der Waals surface area (Å²) in [6.45, 7) is 1.95. The Bertz CT molecular complexity index is 473. The largest absolute Gasteiger partial charge is 0.335 e. The molecule has 0 aliphatic heterocycles. The molecular formula is C14H18F2N2O. The average molecular weight is 268 g/mol. The van der Waals surface area contributed by atoms with Crippen LogP contribution in [0.3, 0.4) is 0 Å². The number of rotatable bonds is 5. The Balaban J connectivity index is 2.10. The molecule has 0 aromatic heterocycles. The number of carbonyl (C=O) groups is 1. The van der Waals surface area contributed by atoms with Crippen molar-refractivity contribution in [2.45, 2.75) is 44.8 Å². The molecule has 1 atom stereocenters. The van der Waals surface area contributed by atoms with Crippen LogP contribution in [0.2, 0.25) is 0 Å². The molecule has 1 saturated carbocycles. The van der Waals surface area contributed by atoms with Crippen LogP contribution in [0, 0.1) is 11.6 Å². The molecule has 1 fully saturated rings. The van der Waals surface area contributed by atoms with E-state index in [2.05, 4.69) is 0 Å². The fourth-order valence-electron chi connectivity index (χ4n) is 2.03. The zero-order chi connectivity index (χ0) is 14.0. The predicted octanol–water partition coefficient (Wildman–Crippen LogP) is 2.19. The number of halogens is 2. The van der Waals surface area contributed by atoms with E-state index in [1.54, 1.807) is 11.8 Å². The smallest absolute Gasteiger partial charge is 0.224 e. The second-order valence-electron chi connectivity index (χ2n) is 5.17. The van der Waals surface area contributed by atoms with Crippen LogP contribution in [0.1, 0.15) is 31.7 Å². The van der Waals surface area contributed by atoms with Crippen molar-refractivity contribution in [2.24, 2.45) is 5.73 Å². The first-order chi connectivity index (χ1) is 8.97. The summed E-state index contributed by atoms with van der Waals surface area (Å²) in [6, 6.07) is 3.40. The Kier molecular flexibility index (Phi) is 4.14. The quantitative estimate of drug-likeness (QED) is 0.889. The second kappa shape index (κ2) is 5.65. The molecule has 1 amide bonds. The van der Waals surface area contributed by atoms with Gasteiger partial charge in [0.25, 0.3) is 0 Å². The van der Waals surface area contributed by atoms with E-state index in [0.717, 1.165) is 18.9 Å². The number of amides is 1. The molecule has 2 rings (SSSR count). The van der Waals surface area contributed by atoms with Gasteiger partial charge in [-0.2, -0.15) is 0 Å². The van der Waals surface area contributed by atoms with Crippen LogP contribution < -0.4 is 5.73 Å². The lowest BCUT2D eigenvalue weighted by atomic mass is 10.1. The molecule has 5 heteroatoms. The SMILES string of the molecule is CC(N)CC(=O)N(Cc1ccc(F)cc1F)C1CC1. The maximum atomic E-state index is 13.6. The standard InChI is InChI=1S/C14H18F2N2O/c1-9(17)6-14(19)18(12-4-5-12)8-10-2-3-11(15)7-13(10)16/h2-3,7,9,12H,4-6,8,17H2,1H3. The summed E-state index contributed by atoms with van der Waals surface area (Å²) in [5.74, 6) is -1.29. The predicted molar refractivity (Wildman–Crippen MR) is 68.2 cm³/mol. The average Bonchev–Trinajstić information content (AvgIpc) is 3.10. The first-order valence-corrected chi connectivity index (χ1v) is 6.46. The molecule has 0 radical (unpaired) electrons. The summed E-state index contributed by atoms with van der Waals surface area (Å²) < 4.78 is 26.5. The maximum Gasteiger partial charge on any atom is 0.224 e. The van der Waals surface area contributed by atoms with Gasteiger partial charge in [0.1, 0.15) is 11.6 Å². The van der Waals surface area contributed by atoms with Crippen molar-refractivity contribution in [3.63, 3.8) is 0 Å². The molecule has 104 valence electrons. The van der Waals surface area contributed by atoms with Crippen molar-refractivity contribution in [1.82, 2.24) is 4.90 Å². The lowest BCUT2D eigenvalue weighted by Crippen LogP contribution is -2.36. The molecule has 3 nitrogen and oxygen atoms in total. The summed E-state index contributed by atoms with van der Waals surface area (Å²) in [4.78, 5) is 13.7. The zero-order valence-corrected chi connectivity index (χ0v) is 10.9. The monoisotopic (exact) mass is 268 g/mol. The molecule has 1 aromatic carbocycles. The second-order valence-corrected chi connectivity index (χ2v) is 5.17. The summed E-state index contributed by atoms with van der Waals surface area (Å²) in [6.07, 6.45) is 2.13. The molecule has 1 unspecified atom stereocenters. The molecule has 1 aromatic rings. The van der Waals surface area contributed by atoms with E-state index in [1.807, 2.05) is 0 Å². The fourth-order valence-corrected chi connectivity index (χ4v) is 2.03. The highest BCUT2D eigenvalue weighted by atomic mass is 19.1. The third kappa shape index (κ3) is 3.73. The van der Waals surface area contributed by atoms with Gasteiger partial charge in [-0.05, 0) is 25.8 Å². The molecule has 1 aliphatic rings. The lowest BCUT2D eigenvalue weighted by molar-refractivity contribution is -0.132. The van der Waals surface area contributed by atoms with E-state index in [0.29, 0.717) is 5.56 Å². The van der Waals surface area contributed by atoms with E-state index >= 15 is 0 Å². The van der Waals surface area contributed by atoms with Gasteiger partial charge in [0, 0.05) is 36.7 Å². The van der Waals surface area contributed by atoms with Gasteiger partial charge >= 0.3 is 0 Å². The summed E-state index contributed by atoms with van der Waals surface area (Å²) in [5, 5.41) is 0. The van der Waals surface area contributed by atoms with Gasteiger partial charge in [-0.1, -0.05) is 6.07 Å². The molecule has 19 heavy (non-hydrogen) atoms. The zero-order valence-electron chi connectivity index (χ0n) is 10.9. The van der Waals surface area contributed by atoms with Crippen molar-refractivity contribution < 1.29 is 13.6 Å². The van der Waals surface area contributed by atoms with Crippen LogP contribution in [0.15, 0.2) is 18.2 Å². The fraction of sp³-hybridized carbons (Fsp3) is 0.500. The van der Waals surface area contributed by atoms with Crippen LogP contribution in [0.25, 0.3) is 0 Å². The van der Waals surface area contributed by atoms with Gasteiger partial charge in [0.05, 0.1) is 0 Å². The van der Waals surface area contributed by atoms with Gasteiger partial charge in [-0.25, -0.2) is 8.78 Å². The molecule has 2 N–H and O–H groups in total. The first kappa shape index (κ1) is 13.9. The Hall–Kier alpha value is -1.49. The minimum atomic E-state index is -0.612. The Labute approximate surface area is 111 Å². The van der Waals surface area contributed by atoms with E-state index in [-0.39, 0.29) is 31.0 Å². The van der Waals surface area contributed by atoms with Crippen LogP contribution in [-0.4, -0.2) is 22.9 Å². The molecule has 1 aliphatic carbocycles. The van der Waals surface area contributed by atoms with Gasteiger partial charge in [0.2, 0.25) is 5.91 Å². The maximum absolute atomic E-state index is 13.6. The first-order valence-electron chi connectivity index (χ1n) is 6.46. The minimum Gasteiger partial charge on any atom is -0.335 e. The number of carbonyl (C=O) groups excluding carboxylic acids is 1. The van der Waals surface area contributed by atoms with Crippen molar-refractivity contribution in [3.8, 4) is 0 Å². The van der Waals surface area contributed by atoms with Crippen LogP contribution in [0.4, 0.5) is 8.78 Å². The topological polar surface area (TPSA) is 46.3 Å². The highest BCUT2D eigenvalue weighted by Crippen LogP contribution is 2.29. The summed E-state index contributed by atoms with van der Waals surface area (Å²) in [5.41, 5.74) is 5.96. The third-order valence-corrected chi connectivity index (χ3v) is 3.16. The van der Waals surface area contributed by atoms with Gasteiger partial charge in [-0.15, -0.1) is 0 Å². The number of benzene rings is 1. The van der Waals surface area contributed by atoms with Gasteiger partial charge < -0.3 is 10.6 Å². The van der Waals surface area contributed by atoms with E-state index in [1.165, 1.54) is 12.1 Å². The van der Waals surface area contributed by atoms with Gasteiger partial charge in [0.15, 0.2) is 0 Å². The molecule has 0 heterocycles. The summed E-state index contributed by atoms with van der Waals surface area (Å²) in [7, 11) is 0. The van der Waals surface area contributed by atoms with E-state index < -0.39 is 11.6 Å². The number of hydrogen-bond acceptors (Lipinski definition) is 2. The Morgan fingerprint density at radius 3 is 2.68 bits per heavy atom. The van der Waals surface area contributed by atoms with Crippen LogP contribution >= 0.6 is 0 Å². The van der Waals surface area contributed by atoms with Crippen molar-refractivity contribution in [2.75, 3.05) is 0 Å². The molecule has 0 bridgehead atoms. The highest BCUT2D eigenvalue weighted by molar-refractivity contribution is 5.77. The number of nitrogens with two attached hydrogens (primary N) is 1. The van der Waals surface area contributed by atoms with Crippen molar-refractivity contribution in [1.29, 1.82) is 0 Å². The van der Waals surface area contributed by atoms with Crippen LogP contribution in [0.5, 0.6) is 0 Å². The van der Waals surface area contributed by atoms with E-state index in [4.69, 9.17) is 5.73 Å². The minimum absolute atomic E-state index is 0.0683. The van der Waals surface area contributed by atoms with Crippen molar-refractivity contribution >= 4 is 5.91 Å². The molecule has 0 saturated heterocycles.